The lowest BCUT2D eigenvalue weighted by atomic mass is 10.1. The molecule has 1 saturated heterocycles. The van der Waals surface area contributed by atoms with E-state index >= 15 is 0 Å². The summed E-state index contributed by atoms with van der Waals surface area (Å²) in [5.41, 5.74) is 0. The van der Waals surface area contributed by atoms with Gasteiger partial charge in [0.2, 0.25) is 5.89 Å². The highest BCUT2D eigenvalue weighted by molar-refractivity contribution is 5.76. The van der Waals surface area contributed by atoms with Gasteiger partial charge in [-0.1, -0.05) is 6.92 Å². The van der Waals surface area contributed by atoms with Crippen molar-refractivity contribution < 1.29 is 14.1 Å². The number of ether oxygens (including phenoxy) is 1. The van der Waals surface area contributed by atoms with Gasteiger partial charge in [0.25, 0.3) is 5.95 Å². The summed E-state index contributed by atoms with van der Waals surface area (Å²) in [7, 11) is 2.09. The van der Waals surface area contributed by atoms with Gasteiger partial charge in [-0.05, 0) is 25.5 Å². The van der Waals surface area contributed by atoms with Crippen molar-refractivity contribution in [1.82, 2.24) is 15.0 Å². The van der Waals surface area contributed by atoms with Gasteiger partial charge in [-0.25, -0.2) is 0 Å². The topological polar surface area (TPSA) is 71.7 Å². The van der Waals surface area contributed by atoms with Crippen LogP contribution in [-0.2, 0) is 9.53 Å². The fraction of sp³-hybridized carbons (Fsp3) is 0.769. The van der Waals surface area contributed by atoms with Crippen LogP contribution in [-0.4, -0.2) is 60.8 Å². The molecule has 0 radical (unpaired) electrons. The molecule has 1 atom stereocenters. The molecule has 2 heterocycles. The highest BCUT2D eigenvalue weighted by Gasteiger charge is 2.28. The zero-order valence-electron chi connectivity index (χ0n) is 12.3. The summed E-state index contributed by atoms with van der Waals surface area (Å²) in [6.45, 7) is 7.72. The first-order chi connectivity index (χ1) is 9.65. The Morgan fingerprint density at radius 3 is 2.65 bits per heavy atom. The maximum Gasteiger partial charge on any atom is 0.318 e. The third-order valence-electron chi connectivity index (χ3n) is 3.49. The number of hydrogen-bond acceptors (Lipinski definition) is 7. The van der Waals surface area contributed by atoms with E-state index in [1.807, 2.05) is 6.92 Å². The fourth-order valence-corrected chi connectivity index (χ4v) is 2.19. The molecule has 0 aromatic carbocycles. The smallest absolute Gasteiger partial charge is 0.318 e. The summed E-state index contributed by atoms with van der Waals surface area (Å²) < 4.78 is 10.3. The van der Waals surface area contributed by atoms with Gasteiger partial charge in [0, 0.05) is 26.2 Å². The van der Waals surface area contributed by atoms with Gasteiger partial charge in [-0.2, -0.15) is 4.98 Å². The predicted molar refractivity (Wildman–Crippen MR) is 73.7 cm³/mol. The molecule has 1 fully saturated rings. The number of carbonyl (C=O) groups is 1. The van der Waals surface area contributed by atoms with E-state index in [4.69, 9.17) is 9.26 Å². The van der Waals surface area contributed by atoms with Crippen molar-refractivity contribution in [2.75, 3.05) is 44.7 Å². The molecule has 7 heteroatoms. The largest absolute Gasteiger partial charge is 0.465 e. The van der Waals surface area contributed by atoms with Gasteiger partial charge in [-0.15, -0.1) is 0 Å². The molecule has 1 aromatic rings. The van der Waals surface area contributed by atoms with Crippen molar-refractivity contribution in [2.24, 2.45) is 0 Å². The van der Waals surface area contributed by atoms with E-state index in [-0.39, 0.29) is 5.97 Å². The van der Waals surface area contributed by atoms with Gasteiger partial charge < -0.3 is 19.1 Å². The molecule has 1 aliphatic rings. The summed E-state index contributed by atoms with van der Waals surface area (Å²) in [4.78, 5) is 20.5. The molecule has 0 bridgehead atoms. The monoisotopic (exact) mass is 282 g/mol. The number of hydrogen-bond donors (Lipinski definition) is 0. The summed E-state index contributed by atoms with van der Waals surface area (Å²) in [5, 5.41) is 3.99. The molecule has 0 amide bonds. The lowest BCUT2D eigenvalue weighted by Gasteiger charge is -2.31. The van der Waals surface area contributed by atoms with Crippen LogP contribution in [0.4, 0.5) is 5.95 Å². The molecule has 20 heavy (non-hydrogen) atoms. The Morgan fingerprint density at radius 1 is 1.35 bits per heavy atom. The first-order valence-electron chi connectivity index (χ1n) is 7.09. The van der Waals surface area contributed by atoms with E-state index in [2.05, 4.69) is 27.0 Å². The van der Waals surface area contributed by atoms with Gasteiger partial charge in [-0.3, -0.25) is 4.79 Å². The predicted octanol–water partition coefficient (Wildman–Crippen LogP) is 0.878. The molecule has 112 valence electrons. The number of nitrogens with zero attached hydrogens (tertiary/aromatic N) is 4. The van der Waals surface area contributed by atoms with E-state index in [1.165, 1.54) is 0 Å². The van der Waals surface area contributed by atoms with Crippen LogP contribution in [0.25, 0.3) is 0 Å². The van der Waals surface area contributed by atoms with Gasteiger partial charge in [0.15, 0.2) is 0 Å². The molecule has 1 unspecified atom stereocenters. The molecular weight excluding hydrogens is 260 g/mol. The molecule has 0 N–H and O–H groups in total. The molecule has 0 aliphatic carbocycles. The van der Waals surface area contributed by atoms with Crippen molar-refractivity contribution in [1.29, 1.82) is 0 Å². The average molecular weight is 282 g/mol. The number of likely N-dealkylation sites (N-methyl/N-ethyl adjacent to an activating group) is 1. The summed E-state index contributed by atoms with van der Waals surface area (Å²) >= 11 is 0. The van der Waals surface area contributed by atoms with Crippen molar-refractivity contribution in [2.45, 2.75) is 26.2 Å². The first kappa shape index (κ1) is 14.8. The van der Waals surface area contributed by atoms with Crippen LogP contribution < -0.4 is 4.90 Å². The van der Waals surface area contributed by atoms with E-state index in [0.29, 0.717) is 24.9 Å². The molecule has 7 nitrogen and oxygen atoms in total. The summed E-state index contributed by atoms with van der Waals surface area (Å²) in [5.74, 6) is 0.142. The van der Waals surface area contributed by atoms with Crippen LogP contribution in [0.5, 0.6) is 0 Å². The number of piperazine rings is 1. The van der Waals surface area contributed by atoms with Gasteiger partial charge in [0.1, 0.15) is 5.92 Å². The van der Waals surface area contributed by atoms with Crippen LogP contribution in [0.1, 0.15) is 32.1 Å². The molecule has 0 spiro atoms. The summed E-state index contributed by atoms with van der Waals surface area (Å²) in [6, 6.07) is 0. The minimum Gasteiger partial charge on any atom is -0.465 e. The van der Waals surface area contributed by atoms with Gasteiger partial charge >= 0.3 is 5.97 Å². The quantitative estimate of drug-likeness (QED) is 0.742. The Bertz CT molecular complexity index is 441. The van der Waals surface area contributed by atoms with Crippen molar-refractivity contribution in [3.05, 3.63) is 5.89 Å². The lowest BCUT2D eigenvalue weighted by molar-refractivity contribution is -0.145. The van der Waals surface area contributed by atoms with E-state index in [1.54, 1.807) is 6.92 Å². The molecular formula is C13H22N4O3. The zero-order chi connectivity index (χ0) is 14.5. The Morgan fingerprint density at radius 2 is 2.05 bits per heavy atom. The SMILES string of the molecule is CCOC(=O)C(CC)c1nc(N2CCN(C)CC2)no1. The van der Waals surface area contributed by atoms with E-state index in [9.17, 15) is 4.79 Å². The second-order valence-electron chi connectivity index (χ2n) is 4.94. The van der Waals surface area contributed by atoms with Crippen molar-refractivity contribution >= 4 is 11.9 Å². The normalized spacial score (nSPS) is 18.1. The minimum atomic E-state index is -0.469. The lowest BCUT2D eigenvalue weighted by Crippen LogP contribution is -2.44. The van der Waals surface area contributed by atoms with E-state index < -0.39 is 5.92 Å². The Hall–Kier alpha value is -1.63. The number of carbonyl (C=O) groups excluding carboxylic acids is 1. The Kier molecular flexibility index (Phi) is 4.94. The Balaban J connectivity index is 2.05. The maximum atomic E-state index is 11.8. The van der Waals surface area contributed by atoms with Crippen LogP contribution in [0.2, 0.25) is 0 Å². The fourth-order valence-electron chi connectivity index (χ4n) is 2.19. The van der Waals surface area contributed by atoms with E-state index in [0.717, 1.165) is 26.2 Å². The standard InChI is InChI=1S/C13H22N4O3/c1-4-10(12(18)19-5-2)11-14-13(15-20-11)17-8-6-16(3)7-9-17/h10H,4-9H2,1-3H3. The van der Waals surface area contributed by atoms with Crippen molar-refractivity contribution in [3.63, 3.8) is 0 Å². The Labute approximate surface area is 118 Å². The highest BCUT2D eigenvalue weighted by Crippen LogP contribution is 2.22. The van der Waals surface area contributed by atoms with Crippen LogP contribution >= 0.6 is 0 Å². The summed E-state index contributed by atoms with van der Waals surface area (Å²) in [6.07, 6.45) is 0.587. The number of rotatable bonds is 5. The third-order valence-corrected chi connectivity index (χ3v) is 3.49. The number of aromatic nitrogens is 2. The maximum absolute atomic E-state index is 11.8. The zero-order valence-corrected chi connectivity index (χ0v) is 12.3. The molecule has 1 aromatic heterocycles. The second kappa shape index (κ2) is 6.69. The molecule has 1 aliphatic heterocycles. The van der Waals surface area contributed by atoms with Crippen LogP contribution in [0.15, 0.2) is 4.52 Å². The highest BCUT2D eigenvalue weighted by atomic mass is 16.5. The van der Waals surface area contributed by atoms with Gasteiger partial charge in [0.05, 0.1) is 6.61 Å². The van der Waals surface area contributed by atoms with Crippen LogP contribution in [0, 0.1) is 0 Å². The minimum absolute atomic E-state index is 0.302. The van der Waals surface area contributed by atoms with Crippen molar-refractivity contribution in [3.8, 4) is 0 Å². The molecule has 2 rings (SSSR count). The second-order valence-corrected chi connectivity index (χ2v) is 4.94. The average Bonchev–Trinajstić information content (AvgIpc) is 2.90. The number of anilines is 1. The first-order valence-corrected chi connectivity index (χ1v) is 7.09. The number of esters is 1. The molecule has 0 saturated carbocycles. The van der Waals surface area contributed by atoms with Crippen LogP contribution in [0.3, 0.4) is 0 Å². The third kappa shape index (κ3) is 3.27.